The standard InChI is InChI=1S/C22H15ClF6N4O3/c23-12-3-2-11(21(24,25)26)6-14(12)31-20(34)15-8-19-30-13(7-18(22(27,28)29)33(19)32-15)10-1-4-16-17(5-10)36-9-35-16/h1-6,8,13,18,30H,7,9H2,(H,31,34). The lowest BCUT2D eigenvalue weighted by molar-refractivity contribution is -0.173. The lowest BCUT2D eigenvalue weighted by atomic mass is 9.96. The molecule has 190 valence electrons. The van der Waals surface area contributed by atoms with E-state index in [1.54, 1.807) is 18.2 Å². The number of hydrogen-bond donors (Lipinski definition) is 2. The van der Waals surface area contributed by atoms with Gasteiger partial charge in [-0.15, -0.1) is 0 Å². The highest BCUT2D eigenvalue weighted by atomic mass is 35.5. The molecule has 0 radical (unpaired) electrons. The first kappa shape index (κ1) is 24.1. The third-order valence-electron chi connectivity index (χ3n) is 5.76. The van der Waals surface area contributed by atoms with E-state index in [9.17, 15) is 31.1 Å². The highest BCUT2D eigenvalue weighted by Gasteiger charge is 2.47. The summed E-state index contributed by atoms with van der Waals surface area (Å²) in [6.07, 6.45) is -9.82. The minimum absolute atomic E-state index is 0.00317. The van der Waals surface area contributed by atoms with Crippen LogP contribution in [0, 0.1) is 0 Å². The van der Waals surface area contributed by atoms with Gasteiger partial charge >= 0.3 is 12.4 Å². The van der Waals surface area contributed by atoms with Crippen LogP contribution in [0.2, 0.25) is 5.02 Å². The quantitative estimate of drug-likeness (QED) is 0.393. The first-order valence-electron chi connectivity index (χ1n) is 10.4. The fraction of sp³-hybridized carbons (Fsp3) is 0.273. The van der Waals surface area contributed by atoms with Crippen LogP contribution in [0.3, 0.4) is 0 Å². The first-order chi connectivity index (χ1) is 16.9. The fourth-order valence-electron chi connectivity index (χ4n) is 4.02. The Balaban J connectivity index is 1.44. The monoisotopic (exact) mass is 532 g/mol. The number of carbonyl (C=O) groups is 1. The highest BCUT2D eigenvalue weighted by molar-refractivity contribution is 6.33. The van der Waals surface area contributed by atoms with E-state index in [2.05, 4.69) is 15.7 Å². The molecule has 3 heterocycles. The van der Waals surface area contributed by atoms with Gasteiger partial charge in [0.15, 0.2) is 23.2 Å². The predicted molar refractivity (Wildman–Crippen MR) is 115 cm³/mol. The van der Waals surface area contributed by atoms with Crippen LogP contribution in [-0.2, 0) is 6.18 Å². The van der Waals surface area contributed by atoms with Crippen molar-refractivity contribution in [1.82, 2.24) is 9.78 Å². The summed E-state index contributed by atoms with van der Waals surface area (Å²) in [6.45, 7) is 0.00317. The molecule has 0 aliphatic carbocycles. The molecule has 2 atom stereocenters. The molecular formula is C22H15ClF6N4O3. The Hall–Kier alpha value is -3.61. The molecule has 2 unspecified atom stereocenters. The number of halogens is 7. The van der Waals surface area contributed by atoms with E-state index in [1.165, 1.54) is 0 Å². The van der Waals surface area contributed by atoms with Crippen LogP contribution in [0.25, 0.3) is 0 Å². The second-order valence-corrected chi connectivity index (χ2v) is 8.52. The second kappa shape index (κ2) is 8.50. The van der Waals surface area contributed by atoms with Crippen molar-refractivity contribution in [2.45, 2.75) is 30.9 Å². The number of ether oxygens (including phenoxy) is 2. The maximum Gasteiger partial charge on any atom is 0.416 e. The Labute approximate surface area is 203 Å². The van der Waals surface area contributed by atoms with Crippen molar-refractivity contribution in [3.8, 4) is 11.5 Å². The number of alkyl halides is 6. The maximum atomic E-state index is 13.9. The molecule has 0 bridgehead atoms. The molecule has 7 nitrogen and oxygen atoms in total. The van der Waals surface area contributed by atoms with E-state index in [-0.39, 0.29) is 23.3 Å². The number of hydrogen-bond acceptors (Lipinski definition) is 5. The largest absolute Gasteiger partial charge is 0.454 e. The van der Waals surface area contributed by atoms with Gasteiger partial charge in [0, 0.05) is 12.5 Å². The van der Waals surface area contributed by atoms with Crippen molar-refractivity contribution < 1.29 is 40.6 Å². The zero-order chi connectivity index (χ0) is 25.8. The topological polar surface area (TPSA) is 77.4 Å². The number of amides is 1. The third kappa shape index (κ3) is 4.50. The van der Waals surface area contributed by atoms with Crippen LogP contribution in [0.1, 0.15) is 40.1 Å². The highest BCUT2D eigenvalue weighted by Crippen LogP contribution is 2.45. The van der Waals surface area contributed by atoms with Gasteiger partial charge in [0.25, 0.3) is 5.91 Å². The van der Waals surface area contributed by atoms with Gasteiger partial charge in [0.05, 0.1) is 22.3 Å². The number of anilines is 2. The van der Waals surface area contributed by atoms with Crippen LogP contribution in [0.15, 0.2) is 42.5 Å². The molecule has 1 amide bonds. The summed E-state index contributed by atoms with van der Waals surface area (Å²) in [7, 11) is 0. The summed E-state index contributed by atoms with van der Waals surface area (Å²) < 4.78 is 92.0. The zero-order valence-electron chi connectivity index (χ0n) is 17.9. The van der Waals surface area contributed by atoms with Crippen molar-refractivity contribution in [2.75, 3.05) is 17.4 Å². The number of benzene rings is 2. The molecule has 3 aromatic rings. The third-order valence-corrected chi connectivity index (χ3v) is 6.09. The number of fused-ring (bicyclic) bond motifs is 2. The summed E-state index contributed by atoms with van der Waals surface area (Å²) in [5.74, 6) is -0.249. The van der Waals surface area contributed by atoms with Crippen LogP contribution in [0.5, 0.6) is 11.5 Å². The molecule has 0 saturated carbocycles. The summed E-state index contributed by atoms with van der Waals surface area (Å²) in [5, 5.41) is 8.73. The van der Waals surface area contributed by atoms with E-state index >= 15 is 0 Å². The van der Waals surface area contributed by atoms with Crippen LogP contribution < -0.4 is 20.1 Å². The van der Waals surface area contributed by atoms with Gasteiger partial charge in [-0.05, 0) is 35.9 Å². The molecule has 14 heteroatoms. The van der Waals surface area contributed by atoms with E-state index in [4.69, 9.17) is 21.1 Å². The Bertz CT molecular complexity index is 1340. The van der Waals surface area contributed by atoms with E-state index < -0.39 is 48.0 Å². The second-order valence-electron chi connectivity index (χ2n) is 8.11. The van der Waals surface area contributed by atoms with Crippen molar-refractivity contribution in [3.63, 3.8) is 0 Å². The normalized spacial score (nSPS) is 19.0. The van der Waals surface area contributed by atoms with Gasteiger partial charge in [-0.1, -0.05) is 17.7 Å². The molecular weight excluding hydrogens is 518 g/mol. The van der Waals surface area contributed by atoms with Gasteiger partial charge in [-0.2, -0.15) is 31.4 Å². The first-order valence-corrected chi connectivity index (χ1v) is 10.8. The summed E-state index contributed by atoms with van der Waals surface area (Å²) >= 11 is 5.90. The number of carbonyl (C=O) groups excluding carboxylic acids is 1. The van der Waals surface area contributed by atoms with E-state index in [0.717, 1.165) is 18.2 Å². The molecule has 0 saturated heterocycles. The molecule has 2 N–H and O–H groups in total. The molecule has 36 heavy (non-hydrogen) atoms. The average molecular weight is 533 g/mol. The Morgan fingerprint density at radius 2 is 1.81 bits per heavy atom. The number of nitrogens with one attached hydrogen (secondary N) is 2. The Morgan fingerprint density at radius 3 is 2.53 bits per heavy atom. The molecule has 2 aliphatic rings. The van der Waals surface area contributed by atoms with Crippen LogP contribution >= 0.6 is 11.6 Å². The maximum absolute atomic E-state index is 13.9. The van der Waals surface area contributed by atoms with Gasteiger partial charge in [0.1, 0.15) is 5.82 Å². The molecule has 0 fully saturated rings. The summed E-state index contributed by atoms with van der Waals surface area (Å²) in [4.78, 5) is 12.7. The van der Waals surface area contributed by atoms with Gasteiger partial charge < -0.3 is 20.1 Å². The van der Waals surface area contributed by atoms with Crippen molar-refractivity contribution in [3.05, 3.63) is 64.3 Å². The number of rotatable bonds is 3. The van der Waals surface area contributed by atoms with E-state index in [0.29, 0.717) is 27.8 Å². The molecule has 1 aromatic heterocycles. The molecule has 0 spiro atoms. The minimum Gasteiger partial charge on any atom is -0.454 e. The molecule has 5 rings (SSSR count). The van der Waals surface area contributed by atoms with Crippen molar-refractivity contribution in [1.29, 1.82) is 0 Å². The van der Waals surface area contributed by atoms with Gasteiger partial charge in [0.2, 0.25) is 6.79 Å². The van der Waals surface area contributed by atoms with Gasteiger partial charge in [-0.3, -0.25) is 4.79 Å². The van der Waals surface area contributed by atoms with E-state index in [1.807, 2.05) is 0 Å². The SMILES string of the molecule is O=C(Nc1cc(C(F)(F)F)ccc1Cl)c1cc2n(n1)C(C(F)(F)F)CC(c1ccc3c(c1)OCO3)N2. The van der Waals surface area contributed by atoms with Crippen molar-refractivity contribution in [2.24, 2.45) is 0 Å². The van der Waals surface area contributed by atoms with Crippen LogP contribution in [0.4, 0.5) is 37.8 Å². The smallest absolute Gasteiger partial charge is 0.416 e. The fourth-order valence-corrected chi connectivity index (χ4v) is 4.18. The lowest BCUT2D eigenvalue weighted by Crippen LogP contribution is -2.35. The summed E-state index contributed by atoms with van der Waals surface area (Å²) in [6, 6.07) is 5.31. The van der Waals surface area contributed by atoms with Crippen LogP contribution in [-0.4, -0.2) is 28.7 Å². The van der Waals surface area contributed by atoms with Gasteiger partial charge in [-0.25, -0.2) is 4.68 Å². The molecule has 2 aliphatic heterocycles. The van der Waals surface area contributed by atoms with Crippen molar-refractivity contribution >= 4 is 29.0 Å². The number of nitrogens with zero attached hydrogens (tertiary/aromatic N) is 2. The zero-order valence-corrected chi connectivity index (χ0v) is 18.6. The lowest BCUT2D eigenvalue weighted by Gasteiger charge is -2.33. The Morgan fingerprint density at radius 1 is 1.06 bits per heavy atom. The minimum atomic E-state index is -4.70. The molecule has 2 aromatic carbocycles. The summed E-state index contributed by atoms with van der Waals surface area (Å²) in [5.41, 5.74) is -1.35. The predicted octanol–water partition coefficient (Wildman–Crippen LogP) is 6.20. The number of aromatic nitrogens is 2. The average Bonchev–Trinajstić information content (AvgIpc) is 3.44. The Kier molecular flexibility index (Phi) is 5.69.